The zero-order valence-electron chi connectivity index (χ0n) is 10.9. The molecule has 19 heavy (non-hydrogen) atoms. The molecular weight excluding hydrogens is 264 g/mol. The number of nitrogens with two attached hydrogens (primary N) is 1. The third kappa shape index (κ3) is 2.87. The average Bonchev–Trinajstić information content (AvgIpc) is 2.69. The van der Waals surface area contributed by atoms with Crippen molar-refractivity contribution in [3.05, 3.63) is 29.6 Å². The molecule has 0 fully saturated rings. The van der Waals surface area contributed by atoms with Crippen molar-refractivity contribution in [1.82, 2.24) is 14.8 Å². The van der Waals surface area contributed by atoms with Gasteiger partial charge in [-0.05, 0) is 30.8 Å². The topological polar surface area (TPSA) is 83.0 Å². The number of esters is 1. The van der Waals surface area contributed by atoms with Crippen molar-refractivity contribution < 1.29 is 9.53 Å². The number of aromatic nitrogens is 3. The van der Waals surface area contributed by atoms with Gasteiger partial charge in [0.2, 0.25) is 0 Å². The smallest absolute Gasteiger partial charge is 0.340 e. The summed E-state index contributed by atoms with van der Waals surface area (Å²) in [7, 11) is 3.17. The van der Waals surface area contributed by atoms with Crippen molar-refractivity contribution in [2.75, 3.05) is 12.8 Å². The maximum Gasteiger partial charge on any atom is 0.340 e. The number of pyridine rings is 1. The van der Waals surface area contributed by atoms with Gasteiger partial charge < -0.3 is 10.5 Å². The third-order valence-corrected chi connectivity index (χ3v) is 3.55. The number of hydrogen-bond acceptors (Lipinski definition) is 6. The molecule has 7 heteroatoms. The first-order chi connectivity index (χ1) is 9.01. The van der Waals surface area contributed by atoms with Crippen LogP contribution in [0.15, 0.2) is 28.4 Å². The minimum atomic E-state index is -0.457. The first-order valence-corrected chi connectivity index (χ1v) is 6.35. The molecule has 0 aliphatic rings. The second-order valence-corrected chi connectivity index (χ2v) is 4.97. The van der Waals surface area contributed by atoms with Crippen LogP contribution in [0.2, 0.25) is 0 Å². The fraction of sp³-hybridized carbons (Fsp3) is 0.250. The number of carbonyl (C=O) groups excluding carboxylic acids is 1. The Labute approximate surface area is 115 Å². The fourth-order valence-electron chi connectivity index (χ4n) is 1.59. The van der Waals surface area contributed by atoms with Crippen LogP contribution in [0.3, 0.4) is 0 Å². The van der Waals surface area contributed by atoms with Crippen LogP contribution in [-0.4, -0.2) is 27.8 Å². The van der Waals surface area contributed by atoms with E-state index in [0.717, 1.165) is 10.7 Å². The van der Waals surface area contributed by atoms with Gasteiger partial charge in [-0.1, -0.05) is 0 Å². The van der Waals surface area contributed by atoms with Gasteiger partial charge in [0, 0.05) is 7.05 Å². The fourth-order valence-corrected chi connectivity index (χ4v) is 2.55. The van der Waals surface area contributed by atoms with Gasteiger partial charge in [-0.25, -0.2) is 9.78 Å². The maximum atomic E-state index is 11.7. The Morgan fingerprint density at radius 3 is 2.79 bits per heavy atom. The summed E-state index contributed by atoms with van der Waals surface area (Å²) in [4.78, 5) is 15.9. The van der Waals surface area contributed by atoms with E-state index in [2.05, 4.69) is 10.1 Å². The monoisotopic (exact) mass is 278 g/mol. The van der Waals surface area contributed by atoms with E-state index in [0.29, 0.717) is 16.3 Å². The van der Waals surface area contributed by atoms with E-state index < -0.39 is 5.97 Å². The van der Waals surface area contributed by atoms with Crippen LogP contribution in [-0.2, 0) is 11.8 Å². The minimum Gasteiger partial charge on any atom is -0.465 e. The summed E-state index contributed by atoms with van der Waals surface area (Å²) in [5, 5.41) is 5.68. The zero-order chi connectivity index (χ0) is 14.0. The number of rotatable bonds is 3. The number of aryl methyl sites for hydroxylation is 2. The number of anilines is 1. The van der Waals surface area contributed by atoms with E-state index in [1.165, 1.54) is 25.1 Å². The summed E-state index contributed by atoms with van der Waals surface area (Å²) in [5.41, 5.74) is 7.33. The highest BCUT2D eigenvalue weighted by Crippen LogP contribution is 2.30. The molecule has 2 heterocycles. The Hall–Kier alpha value is -2.02. The van der Waals surface area contributed by atoms with E-state index in [1.54, 1.807) is 10.7 Å². The maximum absolute atomic E-state index is 11.7. The summed E-state index contributed by atoms with van der Waals surface area (Å²) in [5.74, 6) is -0.457. The van der Waals surface area contributed by atoms with Gasteiger partial charge in [0.1, 0.15) is 10.1 Å². The highest BCUT2D eigenvalue weighted by Gasteiger charge is 2.16. The lowest BCUT2D eigenvalue weighted by molar-refractivity contribution is 0.0596. The normalized spacial score (nSPS) is 10.5. The molecule has 2 aromatic heterocycles. The Bertz CT molecular complexity index is 624. The average molecular weight is 278 g/mol. The summed E-state index contributed by atoms with van der Waals surface area (Å²) in [6.45, 7) is 1.90. The van der Waals surface area contributed by atoms with Crippen LogP contribution < -0.4 is 5.73 Å². The lowest BCUT2D eigenvalue weighted by Crippen LogP contribution is -2.06. The number of nitrogens with zero attached hydrogens (tertiary/aromatic N) is 3. The first kappa shape index (κ1) is 13.4. The van der Waals surface area contributed by atoms with Crippen LogP contribution in [0.4, 0.5) is 5.69 Å². The van der Waals surface area contributed by atoms with E-state index in [-0.39, 0.29) is 0 Å². The lowest BCUT2D eigenvalue weighted by atomic mass is 10.3. The molecule has 0 amide bonds. The van der Waals surface area contributed by atoms with Crippen molar-refractivity contribution in [2.45, 2.75) is 17.0 Å². The van der Waals surface area contributed by atoms with Gasteiger partial charge in [0.25, 0.3) is 0 Å². The molecule has 6 nitrogen and oxygen atoms in total. The first-order valence-electron chi connectivity index (χ1n) is 5.53. The van der Waals surface area contributed by atoms with Crippen LogP contribution in [0.1, 0.15) is 16.1 Å². The number of ether oxygens (including phenoxy) is 1. The van der Waals surface area contributed by atoms with Crippen LogP contribution in [0.5, 0.6) is 0 Å². The second kappa shape index (κ2) is 5.31. The largest absolute Gasteiger partial charge is 0.465 e. The van der Waals surface area contributed by atoms with Gasteiger partial charge >= 0.3 is 5.97 Å². The van der Waals surface area contributed by atoms with Gasteiger partial charge in [0.05, 0.1) is 30.3 Å². The van der Waals surface area contributed by atoms with Crippen molar-refractivity contribution in [3.63, 3.8) is 0 Å². The van der Waals surface area contributed by atoms with E-state index in [9.17, 15) is 4.79 Å². The number of carbonyl (C=O) groups is 1. The van der Waals surface area contributed by atoms with Crippen molar-refractivity contribution in [2.24, 2.45) is 7.05 Å². The Balaban J connectivity index is 2.39. The second-order valence-electron chi connectivity index (χ2n) is 3.96. The number of hydrogen-bond donors (Lipinski definition) is 1. The van der Waals surface area contributed by atoms with Gasteiger partial charge in [-0.2, -0.15) is 5.10 Å². The summed E-state index contributed by atoms with van der Waals surface area (Å²) < 4.78 is 6.47. The number of nitrogen functional groups attached to an aromatic ring is 1. The highest BCUT2D eigenvalue weighted by molar-refractivity contribution is 7.99. The Morgan fingerprint density at radius 2 is 2.21 bits per heavy atom. The zero-order valence-corrected chi connectivity index (χ0v) is 11.7. The highest BCUT2D eigenvalue weighted by atomic mass is 32.2. The summed E-state index contributed by atoms with van der Waals surface area (Å²) in [6.07, 6.45) is 1.51. The van der Waals surface area contributed by atoms with E-state index in [1.807, 2.05) is 20.0 Å². The molecule has 100 valence electrons. The molecule has 2 aromatic rings. The molecule has 0 aromatic carbocycles. The molecule has 0 aliphatic carbocycles. The molecule has 0 spiro atoms. The van der Waals surface area contributed by atoms with E-state index in [4.69, 9.17) is 10.5 Å². The molecule has 0 saturated carbocycles. The molecule has 0 atom stereocenters. The summed E-state index contributed by atoms with van der Waals surface area (Å²) in [6, 6.07) is 3.48. The van der Waals surface area contributed by atoms with Crippen LogP contribution in [0.25, 0.3) is 0 Å². The molecular formula is C12H14N4O2S. The standard InChI is InChI=1S/C12H14N4O2S/c1-7-4-10(16(2)15-7)19-11-9(12(17)18-3)5-8(13)6-14-11/h4-6H,13H2,1-3H3. The molecule has 0 saturated heterocycles. The van der Waals surface area contributed by atoms with Gasteiger partial charge in [-0.3, -0.25) is 4.68 Å². The SMILES string of the molecule is COC(=O)c1cc(N)cnc1Sc1cc(C)nn1C. The Kier molecular flexibility index (Phi) is 3.75. The molecule has 2 N–H and O–H groups in total. The molecule has 0 bridgehead atoms. The lowest BCUT2D eigenvalue weighted by Gasteiger charge is -2.07. The van der Waals surface area contributed by atoms with Crippen molar-refractivity contribution >= 4 is 23.4 Å². The summed E-state index contributed by atoms with van der Waals surface area (Å²) >= 11 is 1.35. The van der Waals surface area contributed by atoms with Crippen LogP contribution >= 0.6 is 11.8 Å². The third-order valence-electron chi connectivity index (χ3n) is 2.44. The predicted molar refractivity (Wildman–Crippen MR) is 72.1 cm³/mol. The predicted octanol–water partition coefficient (Wildman–Crippen LogP) is 1.64. The van der Waals surface area contributed by atoms with Crippen LogP contribution in [0, 0.1) is 6.92 Å². The molecule has 2 rings (SSSR count). The minimum absolute atomic E-state index is 0.353. The van der Waals surface area contributed by atoms with Gasteiger partial charge in [-0.15, -0.1) is 0 Å². The number of methoxy groups -OCH3 is 1. The quantitative estimate of drug-likeness (QED) is 0.859. The van der Waals surface area contributed by atoms with Crippen molar-refractivity contribution in [1.29, 1.82) is 0 Å². The van der Waals surface area contributed by atoms with Gasteiger partial charge in [0.15, 0.2) is 0 Å². The van der Waals surface area contributed by atoms with E-state index >= 15 is 0 Å². The molecule has 0 unspecified atom stereocenters. The van der Waals surface area contributed by atoms with Crippen molar-refractivity contribution in [3.8, 4) is 0 Å². The molecule has 0 aliphatic heterocycles. The Morgan fingerprint density at radius 1 is 1.47 bits per heavy atom. The molecule has 0 radical (unpaired) electrons.